The van der Waals surface area contributed by atoms with Crippen LogP contribution >= 0.6 is 11.8 Å². The van der Waals surface area contributed by atoms with E-state index in [-0.39, 0.29) is 5.91 Å². The van der Waals surface area contributed by atoms with E-state index in [1.54, 1.807) is 13.8 Å². The molecular weight excluding hydrogens is 286 g/mol. The number of benzene rings is 1. The summed E-state index contributed by atoms with van der Waals surface area (Å²) in [5, 5.41) is 11.8. The molecule has 1 aromatic rings. The van der Waals surface area contributed by atoms with E-state index in [9.17, 15) is 9.59 Å². The quantitative estimate of drug-likeness (QED) is 0.760. The molecule has 21 heavy (non-hydrogen) atoms. The second-order valence-electron chi connectivity index (χ2n) is 5.85. The van der Waals surface area contributed by atoms with Gasteiger partial charge in [0.15, 0.2) is 0 Å². The van der Waals surface area contributed by atoms with Crippen LogP contribution in [0.1, 0.15) is 31.4 Å². The van der Waals surface area contributed by atoms with Crippen molar-refractivity contribution in [2.75, 3.05) is 12.3 Å². The Morgan fingerprint density at radius 2 is 1.95 bits per heavy atom. The number of carbonyl (C=O) groups excluding carboxylic acids is 1. The highest BCUT2D eigenvalue weighted by Gasteiger charge is 2.26. The lowest BCUT2D eigenvalue weighted by Crippen LogP contribution is -2.32. The fourth-order valence-corrected chi connectivity index (χ4v) is 2.62. The Hall–Kier alpha value is -1.49. The fraction of sp³-hybridized carbons (Fsp3) is 0.500. The van der Waals surface area contributed by atoms with Crippen LogP contribution in [0.25, 0.3) is 0 Å². The third-order valence-electron chi connectivity index (χ3n) is 3.34. The second kappa shape index (κ2) is 7.50. The number of thioether (sulfide) groups is 1. The molecule has 2 N–H and O–H groups in total. The summed E-state index contributed by atoms with van der Waals surface area (Å²) in [6.07, 6.45) is 0.419. The first-order valence-electron chi connectivity index (χ1n) is 6.92. The molecule has 0 heterocycles. The number of carboxylic acid groups (broad SMARTS) is 1. The molecular formula is C16H23NO3S. The van der Waals surface area contributed by atoms with Crippen molar-refractivity contribution >= 4 is 23.6 Å². The van der Waals surface area contributed by atoms with E-state index in [0.29, 0.717) is 18.7 Å². The van der Waals surface area contributed by atoms with Crippen molar-refractivity contribution in [1.29, 1.82) is 0 Å². The van der Waals surface area contributed by atoms with Crippen molar-refractivity contribution in [3.05, 3.63) is 29.3 Å². The van der Waals surface area contributed by atoms with Crippen LogP contribution in [0.3, 0.4) is 0 Å². The number of hydrogen-bond acceptors (Lipinski definition) is 3. The molecule has 0 saturated carbocycles. The number of aryl methyl sites for hydroxylation is 2. The van der Waals surface area contributed by atoms with Gasteiger partial charge >= 0.3 is 5.97 Å². The van der Waals surface area contributed by atoms with Gasteiger partial charge in [0.2, 0.25) is 5.91 Å². The van der Waals surface area contributed by atoms with Gasteiger partial charge in [0.25, 0.3) is 0 Å². The monoisotopic (exact) mass is 309 g/mol. The van der Waals surface area contributed by atoms with Gasteiger partial charge in [0.1, 0.15) is 0 Å². The van der Waals surface area contributed by atoms with Gasteiger partial charge in [0, 0.05) is 11.4 Å². The molecule has 0 fully saturated rings. The molecule has 4 nitrogen and oxygen atoms in total. The standard InChI is InChI=1S/C16H23NO3S/c1-11-5-6-13(12(2)9-11)21-10-14(18)17-8-7-16(3,4)15(19)20/h5-6,9H,7-8,10H2,1-4H3,(H,17,18)(H,19,20). The van der Waals surface area contributed by atoms with Crippen LogP contribution in [0.2, 0.25) is 0 Å². The van der Waals surface area contributed by atoms with Crippen molar-refractivity contribution in [2.24, 2.45) is 5.41 Å². The number of carbonyl (C=O) groups is 2. The average Bonchev–Trinajstić information content (AvgIpc) is 2.37. The van der Waals surface area contributed by atoms with Gasteiger partial charge in [-0.3, -0.25) is 9.59 Å². The Morgan fingerprint density at radius 1 is 1.29 bits per heavy atom. The van der Waals surface area contributed by atoms with E-state index in [2.05, 4.69) is 11.4 Å². The Labute approximate surface area is 130 Å². The molecule has 0 unspecified atom stereocenters. The zero-order chi connectivity index (χ0) is 16.0. The Morgan fingerprint density at radius 3 is 2.52 bits per heavy atom. The number of nitrogens with one attached hydrogen (secondary N) is 1. The van der Waals surface area contributed by atoms with E-state index in [4.69, 9.17) is 5.11 Å². The second-order valence-corrected chi connectivity index (χ2v) is 6.86. The van der Waals surface area contributed by atoms with E-state index in [1.807, 2.05) is 26.0 Å². The van der Waals surface area contributed by atoms with Crippen LogP contribution in [0.5, 0.6) is 0 Å². The smallest absolute Gasteiger partial charge is 0.309 e. The lowest BCUT2D eigenvalue weighted by atomic mass is 9.90. The lowest BCUT2D eigenvalue weighted by Gasteiger charge is -2.18. The molecule has 0 bridgehead atoms. The largest absolute Gasteiger partial charge is 0.481 e. The molecule has 0 saturated heterocycles. The minimum atomic E-state index is -0.846. The summed E-state index contributed by atoms with van der Waals surface area (Å²) in [7, 11) is 0. The number of aliphatic carboxylic acids is 1. The summed E-state index contributed by atoms with van der Waals surface area (Å²) < 4.78 is 0. The number of hydrogen-bond donors (Lipinski definition) is 2. The van der Waals surface area contributed by atoms with E-state index in [1.165, 1.54) is 22.9 Å². The first-order valence-corrected chi connectivity index (χ1v) is 7.91. The summed E-state index contributed by atoms with van der Waals surface area (Å²) in [6.45, 7) is 7.77. The minimum absolute atomic E-state index is 0.0684. The third kappa shape index (κ3) is 5.79. The normalized spacial score (nSPS) is 11.2. The number of carboxylic acids is 1. The molecule has 0 spiro atoms. The Balaban J connectivity index is 2.36. The van der Waals surface area contributed by atoms with Gasteiger partial charge in [-0.25, -0.2) is 0 Å². The number of amides is 1. The van der Waals surface area contributed by atoms with Crippen molar-refractivity contribution < 1.29 is 14.7 Å². The maximum Gasteiger partial charge on any atom is 0.309 e. The molecule has 0 aliphatic heterocycles. The zero-order valence-corrected chi connectivity index (χ0v) is 13.8. The van der Waals surface area contributed by atoms with Gasteiger partial charge in [-0.15, -0.1) is 11.8 Å². The van der Waals surface area contributed by atoms with E-state index in [0.717, 1.165) is 4.90 Å². The first-order chi connectivity index (χ1) is 9.72. The highest BCUT2D eigenvalue weighted by Crippen LogP contribution is 2.23. The molecule has 0 atom stereocenters. The van der Waals surface area contributed by atoms with Crippen LogP contribution in [0.4, 0.5) is 0 Å². The predicted octanol–water partition coefficient (Wildman–Crippen LogP) is 3.01. The Bertz CT molecular complexity index is 526. The van der Waals surface area contributed by atoms with E-state index < -0.39 is 11.4 Å². The zero-order valence-electron chi connectivity index (χ0n) is 13.0. The molecule has 0 aliphatic rings. The highest BCUT2D eigenvalue weighted by atomic mass is 32.2. The average molecular weight is 309 g/mol. The summed E-state index contributed by atoms with van der Waals surface area (Å²) in [5.74, 6) is -0.570. The summed E-state index contributed by atoms with van der Waals surface area (Å²) in [5.41, 5.74) is 1.56. The fourth-order valence-electron chi connectivity index (χ4n) is 1.78. The molecule has 0 aromatic heterocycles. The van der Waals surface area contributed by atoms with Gasteiger partial charge in [-0.05, 0) is 45.7 Å². The first kappa shape index (κ1) is 17.6. The number of rotatable bonds is 7. The lowest BCUT2D eigenvalue weighted by molar-refractivity contribution is -0.147. The molecule has 0 radical (unpaired) electrons. The summed E-state index contributed by atoms with van der Waals surface area (Å²) in [4.78, 5) is 23.8. The third-order valence-corrected chi connectivity index (χ3v) is 4.52. The summed E-state index contributed by atoms with van der Waals surface area (Å²) >= 11 is 1.50. The van der Waals surface area contributed by atoms with Crippen molar-refractivity contribution in [3.8, 4) is 0 Å². The molecule has 1 aromatic carbocycles. The molecule has 1 amide bonds. The summed E-state index contributed by atoms with van der Waals surface area (Å²) in [6, 6.07) is 6.15. The minimum Gasteiger partial charge on any atom is -0.481 e. The van der Waals surface area contributed by atoms with Gasteiger partial charge in [-0.1, -0.05) is 17.7 Å². The van der Waals surface area contributed by atoms with Crippen LogP contribution < -0.4 is 5.32 Å². The SMILES string of the molecule is Cc1ccc(SCC(=O)NCCC(C)(C)C(=O)O)c(C)c1. The van der Waals surface area contributed by atoms with Crippen LogP contribution in [-0.2, 0) is 9.59 Å². The molecule has 116 valence electrons. The predicted molar refractivity (Wildman–Crippen MR) is 85.7 cm³/mol. The van der Waals surface area contributed by atoms with Crippen molar-refractivity contribution in [1.82, 2.24) is 5.32 Å². The molecule has 5 heteroatoms. The van der Waals surface area contributed by atoms with Gasteiger partial charge in [0.05, 0.1) is 11.2 Å². The molecule has 1 rings (SSSR count). The van der Waals surface area contributed by atoms with Crippen LogP contribution in [-0.4, -0.2) is 29.3 Å². The topological polar surface area (TPSA) is 66.4 Å². The van der Waals surface area contributed by atoms with Crippen molar-refractivity contribution in [3.63, 3.8) is 0 Å². The van der Waals surface area contributed by atoms with Gasteiger partial charge < -0.3 is 10.4 Å². The molecule has 0 aliphatic carbocycles. The highest BCUT2D eigenvalue weighted by molar-refractivity contribution is 8.00. The van der Waals surface area contributed by atoms with Crippen LogP contribution in [0.15, 0.2) is 23.1 Å². The Kier molecular flexibility index (Phi) is 6.27. The maximum atomic E-state index is 11.8. The van der Waals surface area contributed by atoms with Crippen LogP contribution in [0, 0.1) is 19.3 Å². The maximum absolute atomic E-state index is 11.8. The van der Waals surface area contributed by atoms with Gasteiger partial charge in [-0.2, -0.15) is 0 Å². The van der Waals surface area contributed by atoms with Crippen molar-refractivity contribution in [2.45, 2.75) is 39.0 Å². The van der Waals surface area contributed by atoms with E-state index >= 15 is 0 Å².